The van der Waals surface area contributed by atoms with Crippen molar-refractivity contribution in [3.05, 3.63) is 0 Å². The predicted octanol–water partition coefficient (Wildman–Crippen LogP) is 0.619. The van der Waals surface area contributed by atoms with E-state index >= 15 is 0 Å². The first-order valence-corrected chi connectivity index (χ1v) is 7.46. The molecular formula is C15H21NO7. The highest BCUT2D eigenvalue weighted by Crippen LogP contribution is 2.36. The molecule has 0 spiro atoms. The number of carbonyl (C=O) groups is 3. The number of hydrogen-bond acceptors (Lipinski definition) is 8. The summed E-state index contributed by atoms with van der Waals surface area (Å²) in [7, 11) is 0. The van der Waals surface area contributed by atoms with E-state index in [9.17, 15) is 14.4 Å². The van der Waals surface area contributed by atoms with Crippen molar-refractivity contribution < 1.29 is 33.3 Å². The minimum Gasteiger partial charge on any atom is -0.476 e. The monoisotopic (exact) mass is 327 g/mol. The smallest absolute Gasteiger partial charge is 0.303 e. The number of carbonyl (C=O) groups excluding carboxylic acids is 3. The molecule has 1 fully saturated rings. The molecule has 1 saturated carbocycles. The summed E-state index contributed by atoms with van der Waals surface area (Å²) >= 11 is 0. The van der Waals surface area contributed by atoms with Gasteiger partial charge in [-0.1, -0.05) is 0 Å². The van der Waals surface area contributed by atoms with E-state index in [2.05, 4.69) is 4.99 Å². The van der Waals surface area contributed by atoms with Crippen LogP contribution in [0.1, 0.15) is 34.1 Å². The number of rotatable bonds is 4. The Morgan fingerprint density at radius 1 is 1.09 bits per heavy atom. The molecular weight excluding hydrogens is 306 g/mol. The topological polar surface area (TPSA) is 100 Å². The first-order chi connectivity index (χ1) is 10.8. The highest BCUT2D eigenvalue weighted by Gasteiger charge is 2.52. The minimum atomic E-state index is -0.770. The maximum Gasteiger partial charge on any atom is 0.303 e. The van der Waals surface area contributed by atoms with Crippen LogP contribution in [0.5, 0.6) is 0 Å². The van der Waals surface area contributed by atoms with Crippen LogP contribution in [0.2, 0.25) is 0 Å². The number of fused-ring (bicyclic) bond motifs is 1. The third-order valence-electron chi connectivity index (χ3n) is 3.80. The average molecular weight is 327 g/mol. The lowest BCUT2D eigenvalue weighted by molar-refractivity contribution is -0.184. The summed E-state index contributed by atoms with van der Waals surface area (Å²) in [6.45, 7) is 5.62. The predicted molar refractivity (Wildman–Crippen MR) is 77.6 cm³/mol. The fourth-order valence-electron chi connectivity index (χ4n) is 3.05. The molecule has 0 aromatic carbocycles. The molecule has 3 unspecified atom stereocenters. The Labute approximate surface area is 134 Å². The number of esters is 3. The van der Waals surface area contributed by atoms with E-state index in [0.29, 0.717) is 12.3 Å². The first kappa shape index (κ1) is 17.2. The lowest BCUT2D eigenvalue weighted by Gasteiger charge is -2.40. The Balaban J connectivity index is 2.26. The van der Waals surface area contributed by atoms with E-state index in [1.807, 2.05) is 0 Å². The summed E-state index contributed by atoms with van der Waals surface area (Å²) in [4.78, 5) is 38.3. The van der Waals surface area contributed by atoms with Gasteiger partial charge in [-0.3, -0.25) is 14.4 Å². The molecule has 2 aliphatic rings. The Morgan fingerprint density at radius 3 is 2.26 bits per heavy atom. The zero-order chi connectivity index (χ0) is 17.1. The van der Waals surface area contributed by atoms with Gasteiger partial charge in [0.25, 0.3) is 0 Å². The van der Waals surface area contributed by atoms with Gasteiger partial charge in [0.05, 0.1) is 6.61 Å². The van der Waals surface area contributed by atoms with E-state index in [-0.39, 0.29) is 18.6 Å². The van der Waals surface area contributed by atoms with Crippen LogP contribution in [-0.2, 0) is 33.3 Å². The number of aliphatic imine (C=N–C) groups is 1. The van der Waals surface area contributed by atoms with Crippen LogP contribution in [0.15, 0.2) is 4.99 Å². The fourth-order valence-corrected chi connectivity index (χ4v) is 3.05. The molecule has 2 rings (SSSR count). The highest BCUT2D eigenvalue weighted by molar-refractivity contribution is 5.75. The van der Waals surface area contributed by atoms with Crippen molar-refractivity contribution in [2.75, 3.05) is 6.61 Å². The summed E-state index contributed by atoms with van der Waals surface area (Å²) < 4.78 is 21.4. The van der Waals surface area contributed by atoms with E-state index in [0.717, 1.165) is 0 Å². The zero-order valence-electron chi connectivity index (χ0n) is 13.6. The molecule has 23 heavy (non-hydrogen) atoms. The summed E-state index contributed by atoms with van der Waals surface area (Å²) in [5.74, 6) is -1.28. The lowest BCUT2D eigenvalue weighted by Crippen LogP contribution is -2.56. The van der Waals surface area contributed by atoms with E-state index in [1.54, 1.807) is 6.92 Å². The van der Waals surface area contributed by atoms with Crippen molar-refractivity contribution in [3.8, 4) is 0 Å². The number of nitrogens with zero attached hydrogens (tertiary/aromatic N) is 1. The van der Waals surface area contributed by atoms with Gasteiger partial charge in [-0.25, -0.2) is 4.99 Å². The fraction of sp³-hybridized carbons (Fsp3) is 0.733. The van der Waals surface area contributed by atoms with Crippen molar-refractivity contribution in [1.82, 2.24) is 0 Å². The Hall–Kier alpha value is -2.12. The second-order valence-corrected chi connectivity index (χ2v) is 5.74. The van der Waals surface area contributed by atoms with E-state index in [4.69, 9.17) is 18.9 Å². The van der Waals surface area contributed by atoms with Crippen LogP contribution < -0.4 is 0 Å². The molecule has 0 radical (unpaired) electrons. The maximum atomic E-state index is 11.4. The molecule has 0 aromatic rings. The first-order valence-electron chi connectivity index (χ1n) is 7.46. The van der Waals surface area contributed by atoms with E-state index < -0.39 is 36.2 Å². The van der Waals surface area contributed by atoms with Crippen LogP contribution in [0.25, 0.3) is 0 Å². The number of ether oxygens (including phenoxy) is 4. The summed E-state index contributed by atoms with van der Waals surface area (Å²) in [5.41, 5.74) is 0. The molecule has 1 aliphatic carbocycles. The molecule has 0 N–H and O–H groups in total. The average Bonchev–Trinajstić information content (AvgIpc) is 2.78. The van der Waals surface area contributed by atoms with Gasteiger partial charge in [-0.15, -0.1) is 0 Å². The Morgan fingerprint density at radius 2 is 1.70 bits per heavy atom. The Bertz CT molecular complexity index is 530. The molecule has 0 bridgehead atoms. The van der Waals surface area contributed by atoms with Crippen molar-refractivity contribution in [3.63, 3.8) is 0 Å². The van der Waals surface area contributed by atoms with Gasteiger partial charge in [0, 0.05) is 33.6 Å². The molecule has 128 valence electrons. The summed E-state index contributed by atoms with van der Waals surface area (Å²) in [6, 6.07) is -0.433. The van der Waals surface area contributed by atoms with Crippen LogP contribution in [-0.4, -0.2) is 54.8 Å². The van der Waals surface area contributed by atoms with Gasteiger partial charge in [-0.05, 0) is 6.42 Å². The number of hydrogen-bond donors (Lipinski definition) is 0. The molecule has 5 atom stereocenters. The zero-order valence-corrected chi connectivity index (χ0v) is 13.6. The van der Waals surface area contributed by atoms with Crippen molar-refractivity contribution >= 4 is 23.8 Å². The van der Waals surface area contributed by atoms with Crippen LogP contribution in [0.4, 0.5) is 0 Å². The van der Waals surface area contributed by atoms with Gasteiger partial charge in [-0.2, -0.15) is 0 Å². The quantitative estimate of drug-likeness (QED) is 0.551. The van der Waals surface area contributed by atoms with Crippen molar-refractivity contribution in [2.24, 2.45) is 10.9 Å². The van der Waals surface area contributed by atoms with Gasteiger partial charge < -0.3 is 18.9 Å². The van der Waals surface area contributed by atoms with E-state index in [1.165, 1.54) is 20.8 Å². The SMILES string of the molecule is CC(=O)OCC1C[C@@H]2OC(C)=NC2C(OC(C)=O)[C@H]1OC(C)=O. The van der Waals surface area contributed by atoms with Gasteiger partial charge in [0.1, 0.15) is 18.2 Å². The normalized spacial score (nSPS) is 32.2. The lowest BCUT2D eigenvalue weighted by atomic mass is 9.80. The van der Waals surface area contributed by atoms with Crippen LogP contribution in [0, 0.1) is 5.92 Å². The molecule has 1 aliphatic heterocycles. The Kier molecular flexibility index (Phi) is 5.23. The van der Waals surface area contributed by atoms with Gasteiger partial charge >= 0.3 is 17.9 Å². The van der Waals surface area contributed by atoms with Crippen LogP contribution >= 0.6 is 0 Å². The third-order valence-corrected chi connectivity index (χ3v) is 3.80. The third kappa shape index (κ3) is 4.20. The molecule has 8 heteroatoms. The molecule has 0 saturated heterocycles. The van der Waals surface area contributed by atoms with Gasteiger partial charge in [0.2, 0.25) is 0 Å². The second-order valence-electron chi connectivity index (χ2n) is 5.74. The van der Waals surface area contributed by atoms with Crippen LogP contribution in [0.3, 0.4) is 0 Å². The largest absolute Gasteiger partial charge is 0.476 e. The van der Waals surface area contributed by atoms with Crippen molar-refractivity contribution in [2.45, 2.75) is 58.5 Å². The highest BCUT2D eigenvalue weighted by atomic mass is 16.6. The summed E-state index contributed by atoms with van der Waals surface area (Å²) in [6.07, 6.45) is -1.33. The second kappa shape index (κ2) is 6.97. The molecule has 0 amide bonds. The molecule has 1 heterocycles. The summed E-state index contributed by atoms with van der Waals surface area (Å²) in [5, 5.41) is 0. The maximum absolute atomic E-state index is 11.4. The standard InChI is InChI=1S/C15H21NO7/c1-7-16-13-12(21-7)5-11(6-20-8(2)17)14(22-9(3)18)15(13)23-10(4)19/h11-15H,5-6H2,1-4H3/t11?,12-,13?,14-,15?/m0/s1. The minimum absolute atomic E-state index is 0.0523. The van der Waals surface area contributed by atoms with Crippen molar-refractivity contribution in [1.29, 1.82) is 0 Å². The molecule has 0 aromatic heterocycles. The molecule has 8 nitrogen and oxygen atoms in total. The van der Waals surface area contributed by atoms with Gasteiger partial charge in [0.15, 0.2) is 12.0 Å².